The molecule has 0 bridgehead atoms. The third kappa shape index (κ3) is 3.77. The van der Waals surface area contributed by atoms with Crippen molar-refractivity contribution in [3.63, 3.8) is 0 Å². The number of carbonyl (C=O) groups is 2. The molecule has 2 heterocycles. The third-order valence-electron chi connectivity index (χ3n) is 5.31. The Morgan fingerprint density at radius 1 is 1.21 bits per heavy atom. The maximum absolute atomic E-state index is 13.0. The van der Waals surface area contributed by atoms with Gasteiger partial charge in [-0.05, 0) is 50.5 Å². The van der Waals surface area contributed by atoms with Gasteiger partial charge in [-0.2, -0.15) is 5.10 Å². The minimum Gasteiger partial charge on any atom is -0.497 e. The van der Waals surface area contributed by atoms with Crippen molar-refractivity contribution >= 4 is 18.2 Å². The summed E-state index contributed by atoms with van der Waals surface area (Å²) < 4.78 is 7.38. The van der Waals surface area contributed by atoms with E-state index in [1.54, 1.807) is 44.5 Å². The highest BCUT2D eigenvalue weighted by atomic mass is 16.5. The lowest BCUT2D eigenvalue weighted by Crippen LogP contribution is -2.40. The first-order valence-corrected chi connectivity index (χ1v) is 9.69. The number of hydrazone groups is 1. The number of rotatable bonds is 6. The zero-order chi connectivity index (χ0) is 21.3. The molecule has 0 aliphatic carbocycles. The molecule has 154 valence electrons. The first kappa shape index (κ1) is 20.6. The van der Waals surface area contributed by atoms with Crippen LogP contribution in [0.2, 0.25) is 0 Å². The SMILES string of the molecule is COc1ccc([C@@]2(C)NC(=O)N(/N=C\c3cc(C)n(CC(C)C)c3C)C2=O)cc1. The molecule has 0 saturated carbocycles. The van der Waals surface area contributed by atoms with E-state index in [0.29, 0.717) is 17.2 Å². The average molecular weight is 396 g/mol. The predicted octanol–water partition coefficient (Wildman–Crippen LogP) is 3.57. The molecule has 1 N–H and O–H groups in total. The molecule has 3 amide bonds. The van der Waals surface area contributed by atoms with Crippen molar-refractivity contribution in [1.82, 2.24) is 14.9 Å². The zero-order valence-corrected chi connectivity index (χ0v) is 17.8. The predicted molar refractivity (Wildman–Crippen MR) is 112 cm³/mol. The van der Waals surface area contributed by atoms with Gasteiger partial charge in [-0.1, -0.05) is 26.0 Å². The summed E-state index contributed by atoms with van der Waals surface area (Å²) in [6.07, 6.45) is 1.58. The van der Waals surface area contributed by atoms with Crippen molar-refractivity contribution in [2.45, 2.75) is 46.7 Å². The molecule has 2 aromatic rings. The molecule has 1 fully saturated rings. The topological polar surface area (TPSA) is 75.9 Å². The van der Waals surface area contributed by atoms with Crippen LogP contribution in [0.5, 0.6) is 5.75 Å². The summed E-state index contributed by atoms with van der Waals surface area (Å²) in [7, 11) is 1.58. The Balaban J connectivity index is 1.85. The smallest absolute Gasteiger partial charge is 0.346 e. The van der Waals surface area contributed by atoms with Crippen LogP contribution in [0.15, 0.2) is 35.4 Å². The second-order valence-electron chi connectivity index (χ2n) is 7.98. The van der Waals surface area contributed by atoms with Crippen LogP contribution in [0.25, 0.3) is 0 Å². The monoisotopic (exact) mass is 396 g/mol. The summed E-state index contributed by atoms with van der Waals surface area (Å²) in [5, 5.41) is 7.87. The minimum absolute atomic E-state index is 0.417. The Kier molecular flexibility index (Phi) is 5.50. The normalized spacial score (nSPS) is 19.5. The molecular weight excluding hydrogens is 368 g/mol. The Morgan fingerprint density at radius 3 is 2.45 bits per heavy atom. The number of hydrogen-bond acceptors (Lipinski definition) is 4. The summed E-state index contributed by atoms with van der Waals surface area (Å²) in [5.74, 6) is 0.779. The van der Waals surface area contributed by atoms with E-state index in [0.717, 1.165) is 28.5 Å². The second kappa shape index (κ2) is 7.73. The molecule has 1 aliphatic heterocycles. The van der Waals surface area contributed by atoms with Crippen molar-refractivity contribution in [1.29, 1.82) is 0 Å². The number of carbonyl (C=O) groups excluding carboxylic acids is 2. The second-order valence-corrected chi connectivity index (χ2v) is 7.98. The number of amides is 3. The van der Waals surface area contributed by atoms with Gasteiger partial charge in [0.1, 0.15) is 11.3 Å². The zero-order valence-electron chi connectivity index (χ0n) is 17.8. The van der Waals surface area contributed by atoms with Gasteiger partial charge in [0.25, 0.3) is 5.91 Å². The highest BCUT2D eigenvalue weighted by Crippen LogP contribution is 2.30. The maximum atomic E-state index is 13.0. The number of hydrogen-bond donors (Lipinski definition) is 1. The summed E-state index contributed by atoms with van der Waals surface area (Å²) in [6.45, 7) is 11.0. The number of benzene rings is 1. The lowest BCUT2D eigenvalue weighted by atomic mass is 9.92. The summed E-state index contributed by atoms with van der Waals surface area (Å²) in [5.41, 5.74) is 2.57. The summed E-state index contributed by atoms with van der Waals surface area (Å²) >= 11 is 0. The van der Waals surface area contributed by atoms with Gasteiger partial charge in [-0.15, -0.1) is 5.01 Å². The summed E-state index contributed by atoms with van der Waals surface area (Å²) in [6, 6.07) is 8.53. The van der Waals surface area contributed by atoms with Crippen molar-refractivity contribution < 1.29 is 14.3 Å². The van der Waals surface area contributed by atoms with E-state index < -0.39 is 17.5 Å². The van der Waals surface area contributed by atoms with Crippen LogP contribution in [0.3, 0.4) is 0 Å². The molecule has 29 heavy (non-hydrogen) atoms. The standard InChI is InChI=1S/C22H28N4O3/c1-14(2)13-25-15(3)11-17(16(25)4)12-23-26-20(27)22(5,24-21(26)28)18-7-9-19(29-6)10-8-18/h7-12,14H,13H2,1-6H3,(H,24,28)/b23-12-/t22-/m1/s1. The molecule has 1 aromatic carbocycles. The fraction of sp³-hybridized carbons (Fsp3) is 0.409. The van der Waals surface area contributed by atoms with E-state index in [-0.39, 0.29) is 0 Å². The number of aromatic nitrogens is 1. The van der Waals surface area contributed by atoms with E-state index in [9.17, 15) is 9.59 Å². The lowest BCUT2D eigenvalue weighted by molar-refractivity contribution is -0.131. The third-order valence-corrected chi connectivity index (χ3v) is 5.31. The molecule has 3 rings (SSSR count). The number of methoxy groups -OCH3 is 1. The van der Waals surface area contributed by atoms with Crippen LogP contribution in [0, 0.1) is 19.8 Å². The van der Waals surface area contributed by atoms with E-state index in [1.165, 1.54) is 0 Å². The highest BCUT2D eigenvalue weighted by Gasteiger charge is 2.49. The molecule has 0 unspecified atom stereocenters. The largest absolute Gasteiger partial charge is 0.497 e. The lowest BCUT2D eigenvalue weighted by Gasteiger charge is -2.21. The molecule has 7 heteroatoms. The van der Waals surface area contributed by atoms with Crippen molar-refractivity contribution in [2.75, 3.05) is 7.11 Å². The molecule has 1 saturated heterocycles. The van der Waals surface area contributed by atoms with Gasteiger partial charge in [0.15, 0.2) is 0 Å². The van der Waals surface area contributed by atoms with Crippen LogP contribution in [0.1, 0.15) is 43.3 Å². The fourth-order valence-corrected chi connectivity index (χ4v) is 3.57. The quantitative estimate of drug-likeness (QED) is 0.599. The first-order valence-electron chi connectivity index (χ1n) is 9.69. The van der Waals surface area contributed by atoms with Crippen molar-refractivity contribution in [2.24, 2.45) is 11.0 Å². The molecule has 0 spiro atoms. The van der Waals surface area contributed by atoms with Gasteiger partial charge in [0.05, 0.1) is 13.3 Å². The fourth-order valence-electron chi connectivity index (χ4n) is 3.57. The Hall–Kier alpha value is -3.09. The van der Waals surface area contributed by atoms with E-state index >= 15 is 0 Å². The Morgan fingerprint density at radius 2 is 1.86 bits per heavy atom. The molecule has 1 aromatic heterocycles. The van der Waals surface area contributed by atoms with Crippen LogP contribution in [-0.2, 0) is 16.9 Å². The first-order chi connectivity index (χ1) is 13.7. The Bertz CT molecular complexity index is 959. The van der Waals surface area contributed by atoms with Crippen LogP contribution < -0.4 is 10.1 Å². The molecule has 1 atom stereocenters. The molecular formula is C22H28N4O3. The van der Waals surface area contributed by atoms with Crippen LogP contribution >= 0.6 is 0 Å². The Labute approximate surface area is 171 Å². The van der Waals surface area contributed by atoms with Gasteiger partial charge in [0.2, 0.25) is 0 Å². The molecule has 7 nitrogen and oxygen atoms in total. The van der Waals surface area contributed by atoms with Crippen molar-refractivity contribution in [3.05, 3.63) is 52.8 Å². The van der Waals surface area contributed by atoms with Gasteiger partial charge in [0, 0.05) is 23.5 Å². The molecule has 0 radical (unpaired) electrons. The number of nitrogens with one attached hydrogen (secondary N) is 1. The number of imide groups is 1. The average Bonchev–Trinajstić information content (AvgIpc) is 3.07. The highest BCUT2D eigenvalue weighted by molar-refractivity contribution is 6.07. The van der Waals surface area contributed by atoms with E-state index in [2.05, 4.69) is 28.8 Å². The molecule has 1 aliphatic rings. The van der Waals surface area contributed by atoms with E-state index in [1.807, 2.05) is 19.9 Å². The van der Waals surface area contributed by atoms with Crippen LogP contribution in [-0.4, -0.2) is 34.8 Å². The van der Waals surface area contributed by atoms with E-state index in [4.69, 9.17) is 4.74 Å². The number of nitrogens with zero attached hydrogens (tertiary/aromatic N) is 3. The van der Waals surface area contributed by atoms with Crippen LogP contribution in [0.4, 0.5) is 4.79 Å². The van der Waals surface area contributed by atoms with Gasteiger partial charge < -0.3 is 14.6 Å². The maximum Gasteiger partial charge on any atom is 0.346 e. The van der Waals surface area contributed by atoms with Gasteiger partial charge in [-0.3, -0.25) is 4.79 Å². The number of aryl methyl sites for hydroxylation is 1. The van der Waals surface area contributed by atoms with Gasteiger partial charge >= 0.3 is 6.03 Å². The minimum atomic E-state index is -1.17. The number of urea groups is 1. The van der Waals surface area contributed by atoms with Gasteiger partial charge in [-0.25, -0.2) is 4.79 Å². The number of ether oxygens (including phenoxy) is 1. The van der Waals surface area contributed by atoms with Crippen molar-refractivity contribution in [3.8, 4) is 5.75 Å². The summed E-state index contributed by atoms with van der Waals surface area (Å²) in [4.78, 5) is 25.5.